The molecule has 0 saturated carbocycles. The van der Waals surface area contributed by atoms with E-state index in [1.54, 1.807) is 9.80 Å². The van der Waals surface area contributed by atoms with Crippen molar-refractivity contribution in [1.82, 2.24) is 15.0 Å². The molecule has 0 unspecified atom stereocenters. The quantitative estimate of drug-likeness (QED) is 0.314. The van der Waals surface area contributed by atoms with Crippen LogP contribution in [-0.2, 0) is 0 Å². The summed E-state index contributed by atoms with van der Waals surface area (Å²) in [5.41, 5.74) is 0. The van der Waals surface area contributed by atoms with Crippen molar-refractivity contribution in [3.8, 4) is 0 Å². The van der Waals surface area contributed by atoms with Crippen molar-refractivity contribution < 1.29 is 20.4 Å². The van der Waals surface area contributed by atoms with Gasteiger partial charge in [-0.3, -0.25) is 4.98 Å². The maximum atomic E-state index is 9.06. The average Bonchev–Trinajstić information content (AvgIpc) is 2.46. The Bertz CT molecular complexity index is 423. The Morgan fingerprint density at radius 1 is 0.762 bits per heavy atom. The highest BCUT2D eigenvalue weighted by atomic mass is 32.1. The first kappa shape index (κ1) is 17.7. The van der Waals surface area contributed by atoms with Crippen molar-refractivity contribution in [1.29, 1.82) is 0 Å². The van der Waals surface area contributed by atoms with E-state index in [4.69, 9.17) is 32.6 Å². The van der Waals surface area contributed by atoms with Gasteiger partial charge in [0.05, 0.1) is 26.4 Å². The van der Waals surface area contributed by atoms with Crippen molar-refractivity contribution in [3.63, 3.8) is 0 Å². The van der Waals surface area contributed by atoms with Crippen LogP contribution >= 0.6 is 12.2 Å². The second kappa shape index (κ2) is 9.58. The van der Waals surface area contributed by atoms with Crippen molar-refractivity contribution in [2.45, 2.75) is 0 Å². The molecule has 0 bridgehead atoms. The van der Waals surface area contributed by atoms with E-state index >= 15 is 0 Å². The standard InChI is InChI=1S/C11H21N5O4S/c17-5-1-15(2-6-18)9-12-10(14-11(21)13-9)16(3-7-19)4-8-20/h17-20H,1-8H2,(H,12,13,14,21). The van der Waals surface area contributed by atoms with E-state index in [2.05, 4.69) is 15.0 Å². The van der Waals surface area contributed by atoms with Crippen LogP contribution in [0.15, 0.2) is 0 Å². The molecule has 0 amide bonds. The van der Waals surface area contributed by atoms with E-state index in [0.717, 1.165) is 0 Å². The highest BCUT2D eigenvalue weighted by Crippen LogP contribution is 2.12. The van der Waals surface area contributed by atoms with Crippen LogP contribution in [0.25, 0.3) is 0 Å². The van der Waals surface area contributed by atoms with E-state index in [9.17, 15) is 0 Å². The molecule has 0 aliphatic carbocycles. The molecule has 1 aromatic rings. The minimum Gasteiger partial charge on any atom is -0.395 e. The topological polar surface area (TPSA) is 129 Å². The molecule has 0 fully saturated rings. The summed E-state index contributed by atoms with van der Waals surface area (Å²) in [5, 5.41) is 36.2. The van der Waals surface area contributed by atoms with Gasteiger partial charge in [-0.1, -0.05) is 0 Å². The Morgan fingerprint density at radius 2 is 1.10 bits per heavy atom. The zero-order valence-electron chi connectivity index (χ0n) is 11.6. The zero-order chi connectivity index (χ0) is 15.7. The first-order valence-corrected chi connectivity index (χ1v) is 6.98. The number of aromatic nitrogens is 3. The van der Waals surface area contributed by atoms with Crippen LogP contribution in [0, 0.1) is 4.77 Å². The van der Waals surface area contributed by atoms with E-state index in [1.807, 2.05) is 0 Å². The Balaban J connectivity index is 3.08. The van der Waals surface area contributed by atoms with Gasteiger partial charge in [-0.05, 0) is 12.2 Å². The Hall–Kier alpha value is -1.33. The van der Waals surface area contributed by atoms with Gasteiger partial charge in [-0.15, -0.1) is 0 Å². The number of nitrogens with zero attached hydrogens (tertiary/aromatic N) is 4. The number of aromatic amines is 1. The summed E-state index contributed by atoms with van der Waals surface area (Å²) < 4.78 is 0.0977. The molecular weight excluding hydrogens is 298 g/mol. The summed E-state index contributed by atoms with van der Waals surface area (Å²) >= 11 is 5.02. The summed E-state index contributed by atoms with van der Waals surface area (Å²) in [6.45, 7) is 0.719. The van der Waals surface area contributed by atoms with Crippen molar-refractivity contribution in [2.24, 2.45) is 0 Å². The van der Waals surface area contributed by atoms with Gasteiger partial charge in [0.15, 0.2) is 0 Å². The molecule has 21 heavy (non-hydrogen) atoms. The number of anilines is 2. The number of hydrogen-bond donors (Lipinski definition) is 5. The summed E-state index contributed by atoms with van der Waals surface area (Å²) in [6, 6.07) is 0. The smallest absolute Gasteiger partial charge is 0.225 e. The monoisotopic (exact) mass is 319 g/mol. The normalized spacial score (nSPS) is 10.7. The van der Waals surface area contributed by atoms with Crippen LogP contribution in [0.2, 0.25) is 0 Å². The predicted molar refractivity (Wildman–Crippen MR) is 80.0 cm³/mol. The van der Waals surface area contributed by atoms with Crippen molar-refractivity contribution in [3.05, 3.63) is 4.77 Å². The van der Waals surface area contributed by atoms with Gasteiger partial charge >= 0.3 is 0 Å². The lowest BCUT2D eigenvalue weighted by Gasteiger charge is -2.25. The fraction of sp³-hybridized carbons (Fsp3) is 0.727. The maximum Gasteiger partial charge on any atom is 0.225 e. The van der Waals surface area contributed by atoms with Crippen molar-refractivity contribution in [2.75, 3.05) is 62.4 Å². The average molecular weight is 319 g/mol. The van der Waals surface area contributed by atoms with Crippen LogP contribution in [-0.4, -0.2) is 88.0 Å². The van der Waals surface area contributed by atoms with Gasteiger partial charge < -0.3 is 30.2 Å². The van der Waals surface area contributed by atoms with Gasteiger partial charge in [0, 0.05) is 26.2 Å². The molecule has 120 valence electrons. The van der Waals surface area contributed by atoms with Crippen LogP contribution in [0.1, 0.15) is 0 Å². The van der Waals surface area contributed by atoms with Gasteiger partial charge in [-0.2, -0.15) is 9.97 Å². The second-order valence-corrected chi connectivity index (χ2v) is 4.51. The Labute approximate surface area is 127 Å². The van der Waals surface area contributed by atoms with Crippen LogP contribution in [0.3, 0.4) is 0 Å². The van der Waals surface area contributed by atoms with Crippen LogP contribution < -0.4 is 9.80 Å². The largest absolute Gasteiger partial charge is 0.395 e. The molecule has 1 heterocycles. The lowest BCUT2D eigenvalue weighted by atomic mass is 10.5. The molecule has 0 radical (unpaired) electrons. The molecule has 9 nitrogen and oxygen atoms in total. The van der Waals surface area contributed by atoms with Crippen LogP contribution in [0.5, 0.6) is 0 Å². The Morgan fingerprint density at radius 3 is 1.38 bits per heavy atom. The third-order valence-corrected chi connectivity index (χ3v) is 2.89. The minimum absolute atomic E-state index is 0.0977. The SMILES string of the molecule is OCCN(CCO)c1nc(=S)nc(N(CCO)CCO)[nH]1. The number of nitrogens with one attached hydrogen (secondary N) is 1. The molecule has 0 aliphatic heterocycles. The fourth-order valence-electron chi connectivity index (χ4n) is 1.79. The number of aliphatic hydroxyl groups is 4. The molecule has 1 aromatic heterocycles. The van der Waals surface area contributed by atoms with Gasteiger partial charge in [-0.25, -0.2) is 0 Å². The fourth-order valence-corrected chi connectivity index (χ4v) is 1.96. The zero-order valence-corrected chi connectivity index (χ0v) is 12.5. The highest BCUT2D eigenvalue weighted by Gasteiger charge is 2.13. The van der Waals surface area contributed by atoms with Gasteiger partial charge in [0.1, 0.15) is 0 Å². The second-order valence-electron chi connectivity index (χ2n) is 4.15. The van der Waals surface area contributed by atoms with Gasteiger partial charge in [0.2, 0.25) is 16.7 Å². The number of hydrogen-bond acceptors (Lipinski definition) is 9. The molecule has 0 spiro atoms. The van der Waals surface area contributed by atoms with Crippen LogP contribution in [0.4, 0.5) is 11.9 Å². The van der Waals surface area contributed by atoms with E-state index in [1.165, 1.54) is 0 Å². The molecular formula is C11H21N5O4S. The molecule has 5 N–H and O–H groups in total. The lowest BCUT2D eigenvalue weighted by Crippen LogP contribution is -2.34. The first-order chi connectivity index (χ1) is 10.2. The van der Waals surface area contributed by atoms with E-state index in [0.29, 0.717) is 11.9 Å². The van der Waals surface area contributed by atoms with E-state index < -0.39 is 0 Å². The van der Waals surface area contributed by atoms with E-state index in [-0.39, 0.29) is 57.4 Å². The third kappa shape index (κ3) is 5.52. The Kier molecular flexibility index (Phi) is 8.08. The highest BCUT2D eigenvalue weighted by molar-refractivity contribution is 7.71. The summed E-state index contributed by atoms with van der Waals surface area (Å²) in [6.07, 6.45) is 0. The van der Waals surface area contributed by atoms with Gasteiger partial charge in [0.25, 0.3) is 0 Å². The predicted octanol–water partition coefficient (Wildman–Crippen LogP) is -1.88. The third-order valence-electron chi connectivity index (χ3n) is 2.71. The number of H-pyrrole nitrogens is 1. The summed E-state index contributed by atoms with van der Waals surface area (Å²) in [4.78, 5) is 14.4. The first-order valence-electron chi connectivity index (χ1n) is 6.58. The summed E-state index contributed by atoms with van der Waals surface area (Å²) in [5.74, 6) is 0.739. The molecule has 1 rings (SSSR count). The minimum atomic E-state index is -0.100. The number of rotatable bonds is 10. The molecule has 0 saturated heterocycles. The lowest BCUT2D eigenvalue weighted by molar-refractivity contribution is 0.279. The molecule has 10 heteroatoms. The molecule has 0 aromatic carbocycles. The number of aliphatic hydroxyl groups excluding tert-OH is 4. The van der Waals surface area contributed by atoms with Crippen molar-refractivity contribution >= 4 is 24.1 Å². The summed E-state index contributed by atoms with van der Waals surface area (Å²) in [7, 11) is 0. The molecule has 0 atom stereocenters. The molecule has 0 aliphatic rings. The maximum absolute atomic E-state index is 9.06.